The van der Waals surface area contributed by atoms with Crippen LogP contribution in [0, 0.1) is 11.8 Å². The Morgan fingerprint density at radius 3 is 1.33 bits per heavy atom. The predicted molar refractivity (Wildman–Crippen MR) is 101 cm³/mol. The summed E-state index contributed by atoms with van der Waals surface area (Å²) in [7, 11) is 0. The van der Waals surface area contributed by atoms with Crippen molar-refractivity contribution >= 4 is 33.8 Å². The van der Waals surface area contributed by atoms with Crippen molar-refractivity contribution in [2.24, 2.45) is 0 Å². The van der Waals surface area contributed by atoms with Gasteiger partial charge >= 0.3 is 0 Å². The van der Waals surface area contributed by atoms with Crippen LogP contribution in [0.15, 0.2) is 83.6 Å². The number of hydrogen-bond donors (Lipinski definition) is 0. The number of hydrogen-bond acceptors (Lipinski definition) is 4. The van der Waals surface area contributed by atoms with Crippen molar-refractivity contribution in [3.8, 4) is 11.8 Å². The van der Waals surface area contributed by atoms with E-state index in [1.807, 2.05) is 48.5 Å². The minimum atomic E-state index is -0.0817. The molecule has 0 saturated heterocycles. The molecule has 0 saturated carbocycles. The summed E-state index contributed by atoms with van der Waals surface area (Å²) in [6, 6.07) is 14.9. The number of rotatable bonds is 4. The van der Waals surface area contributed by atoms with E-state index in [0.717, 1.165) is 44.4 Å². The van der Waals surface area contributed by atoms with Crippen LogP contribution in [-0.4, -0.2) is 10.2 Å². The molecule has 0 radical (unpaired) electrons. The molecule has 2 aromatic carbocycles. The Morgan fingerprint density at radius 2 is 1.04 bits per heavy atom. The molecule has 0 bridgehead atoms. The lowest BCUT2D eigenvalue weighted by molar-refractivity contribution is -0.107. The standard InChI is InChI=1S/C20H14O2S2/c1-3-19(21)23-17-11-7-15(8-12-17)5-6-16-9-13-18(14-10-16)24-20(22)4-2/h3-4,7-14H,1-2H2. The molecule has 0 fully saturated rings. The van der Waals surface area contributed by atoms with Crippen LogP contribution in [0.25, 0.3) is 0 Å². The molecule has 0 aliphatic carbocycles. The van der Waals surface area contributed by atoms with Crippen LogP contribution >= 0.6 is 23.5 Å². The number of carbonyl (C=O) groups excluding carboxylic acids is 2. The Labute approximate surface area is 150 Å². The summed E-state index contributed by atoms with van der Waals surface area (Å²) in [6.45, 7) is 6.89. The minimum Gasteiger partial charge on any atom is -0.282 e. The van der Waals surface area contributed by atoms with Gasteiger partial charge in [-0.05, 0) is 84.2 Å². The Hall–Kier alpha value is -2.48. The van der Waals surface area contributed by atoms with Gasteiger partial charge in [0.1, 0.15) is 0 Å². The molecule has 2 nitrogen and oxygen atoms in total. The SMILES string of the molecule is C=CC(=O)Sc1ccc(C#Cc2ccc(SC(=O)C=C)cc2)cc1. The zero-order valence-corrected chi connectivity index (χ0v) is 14.5. The van der Waals surface area contributed by atoms with E-state index in [1.165, 1.54) is 12.2 Å². The lowest BCUT2D eigenvalue weighted by Crippen LogP contribution is -1.84. The van der Waals surface area contributed by atoms with Crippen LogP contribution in [0.3, 0.4) is 0 Å². The van der Waals surface area contributed by atoms with E-state index in [4.69, 9.17) is 0 Å². The molecule has 0 aromatic heterocycles. The van der Waals surface area contributed by atoms with E-state index in [2.05, 4.69) is 25.0 Å². The molecule has 0 spiro atoms. The molecule has 0 aliphatic rings. The zero-order chi connectivity index (χ0) is 17.4. The van der Waals surface area contributed by atoms with Crippen LogP contribution in [0.5, 0.6) is 0 Å². The van der Waals surface area contributed by atoms with Gasteiger partial charge in [-0.25, -0.2) is 0 Å². The molecule has 0 amide bonds. The first-order valence-corrected chi connectivity index (χ1v) is 8.64. The highest BCUT2D eigenvalue weighted by Gasteiger charge is 2.00. The first-order valence-electron chi connectivity index (χ1n) is 7.01. The Kier molecular flexibility index (Phi) is 6.68. The second-order valence-electron chi connectivity index (χ2n) is 4.55. The third-order valence-electron chi connectivity index (χ3n) is 2.83. The lowest BCUT2D eigenvalue weighted by atomic mass is 10.2. The van der Waals surface area contributed by atoms with E-state index in [1.54, 1.807) is 0 Å². The molecule has 0 aliphatic heterocycles. The third kappa shape index (κ3) is 5.62. The molecular formula is C20H14O2S2. The van der Waals surface area contributed by atoms with Crippen molar-refractivity contribution in [3.63, 3.8) is 0 Å². The first kappa shape index (κ1) is 17.9. The van der Waals surface area contributed by atoms with Crippen molar-refractivity contribution in [1.82, 2.24) is 0 Å². The fourth-order valence-corrected chi connectivity index (χ4v) is 2.85. The van der Waals surface area contributed by atoms with Gasteiger partial charge in [0.05, 0.1) is 0 Å². The Balaban J connectivity index is 2.04. The summed E-state index contributed by atoms with van der Waals surface area (Å²) in [5.41, 5.74) is 1.73. The number of benzene rings is 2. The summed E-state index contributed by atoms with van der Waals surface area (Å²) in [4.78, 5) is 24.3. The highest BCUT2D eigenvalue weighted by Crippen LogP contribution is 2.20. The van der Waals surface area contributed by atoms with Gasteiger partial charge in [0, 0.05) is 20.9 Å². The molecule has 2 rings (SSSR count). The molecule has 0 unspecified atom stereocenters. The molecule has 2 aromatic rings. The largest absolute Gasteiger partial charge is 0.282 e. The quantitative estimate of drug-likeness (QED) is 0.455. The van der Waals surface area contributed by atoms with Crippen LogP contribution in [0.2, 0.25) is 0 Å². The minimum absolute atomic E-state index is 0.0817. The van der Waals surface area contributed by atoms with Gasteiger partial charge in [-0.2, -0.15) is 0 Å². The van der Waals surface area contributed by atoms with E-state index in [-0.39, 0.29) is 10.2 Å². The van der Waals surface area contributed by atoms with E-state index in [0.29, 0.717) is 0 Å². The van der Waals surface area contributed by atoms with Crippen molar-refractivity contribution in [3.05, 3.63) is 85.0 Å². The molecular weight excluding hydrogens is 336 g/mol. The monoisotopic (exact) mass is 350 g/mol. The Bertz CT molecular complexity index is 753. The van der Waals surface area contributed by atoms with Gasteiger partial charge in [0.15, 0.2) is 0 Å². The van der Waals surface area contributed by atoms with Gasteiger partial charge in [-0.3, -0.25) is 9.59 Å². The van der Waals surface area contributed by atoms with Gasteiger partial charge in [0.2, 0.25) is 10.2 Å². The van der Waals surface area contributed by atoms with Crippen LogP contribution in [0.4, 0.5) is 0 Å². The summed E-state index contributed by atoms with van der Waals surface area (Å²) in [5.74, 6) is 6.15. The molecule has 118 valence electrons. The fourth-order valence-electron chi connectivity index (χ4n) is 1.67. The van der Waals surface area contributed by atoms with Crippen molar-refractivity contribution in [1.29, 1.82) is 0 Å². The maximum atomic E-state index is 11.3. The van der Waals surface area contributed by atoms with E-state index >= 15 is 0 Å². The van der Waals surface area contributed by atoms with E-state index < -0.39 is 0 Å². The average Bonchev–Trinajstić information content (AvgIpc) is 2.62. The van der Waals surface area contributed by atoms with Gasteiger partial charge in [-0.15, -0.1) is 0 Å². The summed E-state index contributed by atoms with van der Waals surface area (Å²) in [6.07, 6.45) is 2.59. The highest BCUT2D eigenvalue weighted by molar-refractivity contribution is 8.14. The molecule has 24 heavy (non-hydrogen) atoms. The lowest BCUT2D eigenvalue weighted by Gasteiger charge is -1.98. The fraction of sp³-hybridized carbons (Fsp3) is 0. The maximum absolute atomic E-state index is 11.3. The number of thioether (sulfide) groups is 2. The van der Waals surface area contributed by atoms with Crippen molar-refractivity contribution in [2.75, 3.05) is 0 Å². The van der Waals surface area contributed by atoms with Crippen LogP contribution in [0.1, 0.15) is 11.1 Å². The topological polar surface area (TPSA) is 34.1 Å². The second-order valence-corrected chi connectivity index (χ2v) is 6.70. The van der Waals surface area contributed by atoms with Gasteiger partial charge < -0.3 is 0 Å². The van der Waals surface area contributed by atoms with Gasteiger partial charge in [0.25, 0.3) is 0 Å². The zero-order valence-electron chi connectivity index (χ0n) is 12.8. The molecule has 4 heteroatoms. The smallest absolute Gasteiger partial charge is 0.216 e. The van der Waals surface area contributed by atoms with Crippen molar-refractivity contribution < 1.29 is 9.59 Å². The van der Waals surface area contributed by atoms with Crippen molar-refractivity contribution in [2.45, 2.75) is 9.79 Å². The Morgan fingerprint density at radius 1 is 0.708 bits per heavy atom. The molecule has 0 heterocycles. The first-order chi connectivity index (χ1) is 11.6. The molecule has 0 atom stereocenters. The second kappa shape index (κ2) is 8.97. The highest BCUT2D eigenvalue weighted by atomic mass is 32.2. The van der Waals surface area contributed by atoms with E-state index in [9.17, 15) is 9.59 Å². The molecule has 0 N–H and O–H groups in total. The summed E-state index contributed by atoms with van der Waals surface area (Å²) < 4.78 is 0. The predicted octanol–water partition coefficient (Wildman–Crippen LogP) is 4.70. The third-order valence-corrected chi connectivity index (χ3v) is 4.58. The van der Waals surface area contributed by atoms with Crippen LogP contribution in [-0.2, 0) is 9.59 Å². The normalized spacial score (nSPS) is 9.50. The average molecular weight is 350 g/mol. The summed E-state index contributed by atoms with van der Waals surface area (Å²) in [5, 5.41) is -0.163. The summed E-state index contributed by atoms with van der Waals surface area (Å²) >= 11 is 2.27. The number of carbonyl (C=O) groups is 2. The van der Waals surface area contributed by atoms with Crippen LogP contribution < -0.4 is 0 Å². The maximum Gasteiger partial charge on any atom is 0.216 e. The van der Waals surface area contributed by atoms with Gasteiger partial charge in [-0.1, -0.05) is 25.0 Å².